The first kappa shape index (κ1) is 64.8. The molecule has 0 amide bonds. The molecule has 0 fully saturated rings. The molecule has 390 valence electrons. The van der Waals surface area contributed by atoms with Gasteiger partial charge in [-0.05, 0) is 122 Å². The van der Waals surface area contributed by atoms with Gasteiger partial charge in [0.2, 0.25) is 0 Å². The molecule has 0 aromatic rings. The highest BCUT2D eigenvalue weighted by Gasteiger charge is 2.17. The number of ether oxygens (including phenoxy) is 3. The standard InChI is InChI=1S/C63H108O5/c1-4-7-10-13-16-19-22-25-28-30-31-32-34-37-40-43-46-49-52-55-58-66-59-61(68-63(65)57-54-51-48-45-42-39-35-27-24-21-18-15-12-9-6-3)60-67-62(64)56-53-50-47-44-41-38-36-33-29-26-23-20-17-14-11-8-5-2/h9,12,16-21,25-29,35,42,45,61H,4-8,10-11,13-15,22-24,30-34,36-41,43-44,46-60H2,1-3H3/b12-9-,19-16-,20-17-,21-18-,28-25-,29-26-,35-27-,45-42-. The Bertz CT molecular complexity index is 1300. The van der Waals surface area contributed by atoms with Gasteiger partial charge in [0.25, 0.3) is 0 Å². The Morgan fingerprint density at radius 2 is 0.662 bits per heavy atom. The minimum Gasteiger partial charge on any atom is -0.462 e. The number of carbonyl (C=O) groups excluding carboxylic acids is 2. The molecule has 0 saturated heterocycles. The van der Waals surface area contributed by atoms with Crippen LogP contribution in [-0.2, 0) is 23.8 Å². The molecular formula is C63H108O5. The molecule has 5 heteroatoms. The van der Waals surface area contributed by atoms with Gasteiger partial charge in [-0.1, -0.05) is 227 Å². The summed E-state index contributed by atoms with van der Waals surface area (Å²) in [5.41, 5.74) is 0. The summed E-state index contributed by atoms with van der Waals surface area (Å²) in [4.78, 5) is 25.5. The highest BCUT2D eigenvalue weighted by atomic mass is 16.6. The summed E-state index contributed by atoms with van der Waals surface area (Å²) in [6, 6.07) is 0. The Labute approximate surface area is 422 Å². The molecule has 0 rings (SSSR count). The van der Waals surface area contributed by atoms with Crippen LogP contribution in [0, 0.1) is 0 Å². The van der Waals surface area contributed by atoms with Crippen LogP contribution in [0.2, 0.25) is 0 Å². The van der Waals surface area contributed by atoms with Gasteiger partial charge in [0.1, 0.15) is 6.61 Å². The molecule has 0 saturated carbocycles. The van der Waals surface area contributed by atoms with Crippen LogP contribution in [-0.4, -0.2) is 37.9 Å². The van der Waals surface area contributed by atoms with E-state index in [2.05, 4.69) is 118 Å². The van der Waals surface area contributed by atoms with Crippen LogP contribution < -0.4 is 0 Å². The lowest BCUT2D eigenvalue weighted by Gasteiger charge is -2.18. The lowest BCUT2D eigenvalue weighted by molar-refractivity contribution is -0.163. The van der Waals surface area contributed by atoms with Crippen LogP contribution >= 0.6 is 0 Å². The van der Waals surface area contributed by atoms with Gasteiger partial charge < -0.3 is 14.2 Å². The van der Waals surface area contributed by atoms with Crippen molar-refractivity contribution in [2.45, 2.75) is 271 Å². The summed E-state index contributed by atoms with van der Waals surface area (Å²) in [5, 5.41) is 0. The lowest BCUT2D eigenvalue weighted by Crippen LogP contribution is -2.30. The van der Waals surface area contributed by atoms with Gasteiger partial charge >= 0.3 is 11.9 Å². The number of rotatable bonds is 52. The van der Waals surface area contributed by atoms with E-state index >= 15 is 0 Å². The molecule has 0 aromatic carbocycles. The number of esters is 2. The van der Waals surface area contributed by atoms with Crippen molar-refractivity contribution in [3.05, 3.63) is 97.2 Å². The van der Waals surface area contributed by atoms with Gasteiger partial charge in [0, 0.05) is 19.4 Å². The number of unbranched alkanes of at least 4 members (excludes halogenated alkanes) is 25. The summed E-state index contributed by atoms with van der Waals surface area (Å²) in [5.74, 6) is -0.454. The lowest BCUT2D eigenvalue weighted by atomic mass is 10.1. The first-order valence-electron chi connectivity index (χ1n) is 28.8. The molecule has 0 radical (unpaired) electrons. The van der Waals surface area contributed by atoms with Crippen LogP contribution in [0.25, 0.3) is 0 Å². The molecule has 1 unspecified atom stereocenters. The fraction of sp³-hybridized carbons (Fsp3) is 0.714. The Hall–Kier alpha value is -3.18. The zero-order chi connectivity index (χ0) is 49.2. The van der Waals surface area contributed by atoms with Gasteiger partial charge in [0.15, 0.2) is 6.10 Å². The third-order valence-electron chi connectivity index (χ3n) is 12.1. The molecule has 1 atom stereocenters. The monoisotopic (exact) mass is 945 g/mol. The van der Waals surface area contributed by atoms with E-state index in [0.29, 0.717) is 19.4 Å². The molecular weight excluding hydrogens is 837 g/mol. The largest absolute Gasteiger partial charge is 0.462 e. The Morgan fingerprint density at radius 3 is 1.09 bits per heavy atom. The van der Waals surface area contributed by atoms with Crippen LogP contribution in [0.1, 0.15) is 265 Å². The Morgan fingerprint density at radius 1 is 0.338 bits per heavy atom. The van der Waals surface area contributed by atoms with Crippen LogP contribution in [0.15, 0.2) is 97.2 Å². The number of hydrogen-bond donors (Lipinski definition) is 0. The van der Waals surface area contributed by atoms with Crippen molar-refractivity contribution in [3.8, 4) is 0 Å². The van der Waals surface area contributed by atoms with E-state index in [4.69, 9.17) is 14.2 Å². The maximum absolute atomic E-state index is 12.8. The van der Waals surface area contributed by atoms with E-state index in [-0.39, 0.29) is 25.2 Å². The van der Waals surface area contributed by atoms with Crippen molar-refractivity contribution in [1.82, 2.24) is 0 Å². The van der Waals surface area contributed by atoms with E-state index in [1.807, 2.05) is 0 Å². The minimum absolute atomic E-state index is 0.0593. The Kier molecular flexibility index (Phi) is 55.4. The van der Waals surface area contributed by atoms with Crippen LogP contribution in [0.3, 0.4) is 0 Å². The van der Waals surface area contributed by atoms with Crippen molar-refractivity contribution in [3.63, 3.8) is 0 Å². The second-order valence-electron chi connectivity index (χ2n) is 18.8. The van der Waals surface area contributed by atoms with Crippen molar-refractivity contribution in [2.75, 3.05) is 19.8 Å². The maximum atomic E-state index is 12.8. The number of carbonyl (C=O) groups is 2. The quantitative estimate of drug-likeness (QED) is 0.0345. The molecule has 0 N–H and O–H groups in total. The van der Waals surface area contributed by atoms with Crippen molar-refractivity contribution in [2.24, 2.45) is 0 Å². The summed E-state index contributed by atoms with van der Waals surface area (Å²) >= 11 is 0. The average Bonchev–Trinajstić information content (AvgIpc) is 3.34. The predicted molar refractivity (Wildman–Crippen MR) is 297 cm³/mol. The summed E-state index contributed by atoms with van der Waals surface area (Å²) in [6.07, 6.45) is 78.6. The van der Waals surface area contributed by atoms with Gasteiger partial charge in [0.05, 0.1) is 6.61 Å². The molecule has 5 nitrogen and oxygen atoms in total. The fourth-order valence-electron chi connectivity index (χ4n) is 7.80. The molecule has 0 aliphatic heterocycles. The molecule has 0 aliphatic carbocycles. The van der Waals surface area contributed by atoms with E-state index in [1.54, 1.807) is 0 Å². The number of hydrogen-bond acceptors (Lipinski definition) is 5. The van der Waals surface area contributed by atoms with Gasteiger partial charge in [-0.3, -0.25) is 9.59 Å². The summed E-state index contributed by atoms with van der Waals surface area (Å²) in [7, 11) is 0. The third-order valence-corrected chi connectivity index (χ3v) is 12.1. The molecule has 0 aliphatic rings. The molecule has 0 aromatic heterocycles. The van der Waals surface area contributed by atoms with Crippen LogP contribution in [0.5, 0.6) is 0 Å². The second kappa shape index (κ2) is 58.1. The average molecular weight is 946 g/mol. The zero-order valence-corrected chi connectivity index (χ0v) is 44.8. The van der Waals surface area contributed by atoms with Crippen molar-refractivity contribution >= 4 is 11.9 Å². The molecule has 68 heavy (non-hydrogen) atoms. The minimum atomic E-state index is -0.569. The second-order valence-corrected chi connectivity index (χ2v) is 18.8. The fourth-order valence-corrected chi connectivity index (χ4v) is 7.80. The third kappa shape index (κ3) is 55.4. The summed E-state index contributed by atoms with van der Waals surface area (Å²) < 4.78 is 17.4. The van der Waals surface area contributed by atoms with Gasteiger partial charge in [-0.25, -0.2) is 0 Å². The Balaban J connectivity index is 4.34. The van der Waals surface area contributed by atoms with Crippen molar-refractivity contribution in [1.29, 1.82) is 0 Å². The topological polar surface area (TPSA) is 61.8 Å². The first-order chi connectivity index (χ1) is 33.6. The molecule has 0 spiro atoms. The van der Waals surface area contributed by atoms with E-state index < -0.39 is 6.10 Å². The molecule has 0 bridgehead atoms. The van der Waals surface area contributed by atoms with E-state index in [9.17, 15) is 9.59 Å². The van der Waals surface area contributed by atoms with E-state index in [1.165, 1.54) is 141 Å². The normalized spacial score (nSPS) is 12.9. The van der Waals surface area contributed by atoms with Crippen LogP contribution in [0.4, 0.5) is 0 Å². The van der Waals surface area contributed by atoms with Gasteiger partial charge in [-0.2, -0.15) is 0 Å². The highest BCUT2D eigenvalue weighted by molar-refractivity contribution is 5.70. The SMILES string of the molecule is CC/C=C\C/C=C\C/C=C\C/C=C\CCCCC(=O)OC(COCCCCCCCCCCCC/C=C\C/C=C\CCCCC)COC(=O)CCCCCCCCC/C=C\C/C=C\CCCCC. The first-order valence-corrected chi connectivity index (χ1v) is 28.8. The van der Waals surface area contributed by atoms with E-state index in [0.717, 1.165) is 89.9 Å². The zero-order valence-electron chi connectivity index (χ0n) is 44.8. The van der Waals surface area contributed by atoms with Crippen molar-refractivity contribution < 1.29 is 23.8 Å². The molecule has 0 heterocycles. The predicted octanol–water partition coefficient (Wildman–Crippen LogP) is 19.8. The maximum Gasteiger partial charge on any atom is 0.306 e. The summed E-state index contributed by atoms with van der Waals surface area (Å²) in [6.45, 7) is 7.62. The van der Waals surface area contributed by atoms with Gasteiger partial charge in [-0.15, -0.1) is 0 Å². The highest BCUT2D eigenvalue weighted by Crippen LogP contribution is 2.14. The smallest absolute Gasteiger partial charge is 0.306 e. The number of allylic oxidation sites excluding steroid dienone is 16.